The fourth-order valence-corrected chi connectivity index (χ4v) is 6.58. The van der Waals surface area contributed by atoms with Gasteiger partial charge in [-0.3, -0.25) is 0 Å². The van der Waals surface area contributed by atoms with Gasteiger partial charge in [-0.05, 0) is 53.5 Å². The summed E-state index contributed by atoms with van der Waals surface area (Å²) in [6, 6.07) is 34.4. The molecule has 0 fully saturated rings. The molecule has 3 aromatic heterocycles. The lowest BCUT2D eigenvalue weighted by Crippen LogP contribution is -2.04. The molecule has 0 N–H and O–H groups in total. The molecule has 0 saturated heterocycles. The zero-order chi connectivity index (χ0) is 40.0. The van der Waals surface area contributed by atoms with E-state index in [1.54, 1.807) is 0 Å². The van der Waals surface area contributed by atoms with Crippen LogP contribution in [-0.4, -0.2) is 19.5 Å². The molecule has 5 nitrogen and oxygen atoms in total. The molecular formula is C45H28N4O. The van der Waals surface area contributed by atoms with Gasteiger partial charge in [-0.15, -0.1) is 0 Å². The summed E-state index contributed by atoms with van der Waals surface area (Å²) in [5.74, 6) is 1.02. The van der Waals surface area contributed by atoms with Crippen molar-refractivity contribution >= 4 is 43.7 Å². The summed E-state index contributed by atoms with van der Waals surface area (Å²) in [4.78, 5) is 14.8. The van der Waals surface area contributed by atoms with Gasteiger partial charge in [-0.1, -0.05) is 127 Å². The highest BCUT2D eigenvalue weighted by molar-refractivity contribution is 6.10. The summed E-state index contributed by atoms with van der Waals surface area (Å²) < 4.78 is 78.9. The van der Waals surface area contributed by atoms with Crippen LogP contribution in [0.15, 0.2) is 174 Å². The zero-order valence-corrected chi connectivity index (χ0v) is 26.2. The predicted molar refractivity (Wildman–Crippen MR) is 203 cm³/mol. The largest absolute Gasteiger partial charge is 0.456 e. The highest BCUT2D eigenvalue weighted by Crippen LogP contribution is 2.39. The average molecular weight is 649 g/mol. The molecule has 0 bridgehead atoms. The number of furan rings is 1. The van der Waals surface area contributed by atoms with Crippen molar-refractivity contribution in [2.24, 2.45) is 0 Å². The summed E-state index contributed by atoms with van der Waals surface area (Å²) in [5.41, 5.74) is 5.19. The molecule has 3 heterocycles. The lowest BCUT2D eigenvalue weighted by atomic mass is 9.99. The van der Waals surface area contributed by atoms with Crippen LogP contribution in [0.5, 0.6) is 0 Å². The van der Waals surface area contributed by atoms with Crippen molar-refractivity contribution in [2.75, 3.05) is 0 Å². The number of nitrogens with zero attached hydrogens (tertiary/aromatic N) is 4. The number of para-hydroxylation sites is 3. The molecule has 0 atom stereocenters. The van der Waals surface area contributed by atoms with Crippen molar-refractivity contribution < 1.29 is 15.4 Å². The molecule has 0 unspecified atom stereocenters. The molecule has 0 spiro atoms. The minimum atomic E-state index is -0.518. The highest BCUT2D eigenvalue weighted by atomic mass is 16.3. The molecule has 5 heteroatoms. The Hall–Kier alpha value is -6.85. The van der Waals surface area contributed by atoms with Gasteiger partial charge in [-0.2, -0.15) is 0 Å². The van der Waals surface area contributed by atoms with Crippen LogP contribution in [0.2, 0.25) is 0 Å². The Bertz CT molecular complexity index is 3200. The van der Waals surface area contributed by atoms with Crippen LogP contribution in [0, 0.1) is 0 Å². The zero-order valence-electron chi connectivity index (χ0n) is 34.2. The molecular weight excluding hydrogens is 613 g/mol. The molecule has 234 valence electrons. The van der Waals surface area contributed by atoms with Gasteiger partial charge in [0.25, 0.3) is 0 Å². The monoisotopic (exact) mass is 648 g/mol. The van der Waals surface area contributed by atoms with Crippen LogP contribution in [0.25, 0.3) is 94.7 Å². The Kier molecular flexibility index (Phi) is 4.83. The van der Waals surface area contributed by atoms with E-state index in [0.717, 1.165) is 33.0 Å². The first kappa shape index (κ1) is 21.2. The van der Waals surface area contributed by atoms with Crippen LogP contribution in [0.4, 0.5) is 0 Å². The van der Waals surface area contributed by atoms with E-state index in [0.29, 0.717) is 34.0 Å². The van der Waals surface area contributed by atoms with Crippen molar-refractivity contribution in [3.05, 3.63) is 170 Å². The van der Waals surface area contributed by atoms with Crippen LogP contribution in [0.1, 0.15) is 11.0 Å². The second kappa shape index (κ2) is 11.4. The molecule has 50 heavy (non-hydrogen) atoms. The van der Waals surface area contributed by atoms with E-state index < -0.39 is 48.3 Å². The molecule has 0 saturated carbocycles. The maximum atomic E-state index is 9.25. The Morgan fingerprint density at radius 3 is 1.66 bits per heavy atom. The fourth-order valence-electron chi connectivity index (χ4n) is 6.58. The topological polar surface area (TPSA) is 56.7 Å². The Balaban J connectivity index is 1.36. The third-order valence-electron chi connectivity index (χ3n) is 8.92. The number of rotatable bonds is 5. The van der Waals surface area contributed by atoms with Crippen LogP contribution >= 0.6 is 0 Å². The van der Waals surface area contributed by atoms with Gasteiger partial charge in [-0.25, -0.2) is 15.0 Å². The van der Waals surface area contributed by atoms with Gasteiger partial charge >= 0.3 is 0 Å². The number of fused-ring (bicyclic) bond motifs is 6. The Morgan fingerprint density at radius 2 is 0.980 bits per heavy atom. The van der Waals surface area contributed by atoms with Crippen LogP contribution in [-0.2, 0) is 0 Å². The summed E-state index contributed by atoms with van der Waals surface area (Å²) in [6.07, 6.45) is 0. The quantitative estimate of drug-likeness (QED) is 0.186. The molecule has 10 rings (SSSR count). The first-order valence-electron chi connectivity index (χ1n) is 20.0. The van der Waals surface area contributed by atoms with Crippen molar-refractivity contribution in [3.8, 4) is 51.0 Å². The molecule has 0 aliphatic carbocycles. The van der Waals surface area contributed by atoms with E-state index in [1.165, 1.54) is 4.57 Å². The number of hydrogen-bond acceptors (Lipinski definition) is 4. The maximum Gasteiger partial charge on any atom is 0.166 e. The van der Waals surface area contributed by atoms with Gasteiger partial charge in [0, 0.05) is 38.2 Å². The first-order chi connectivity index (χ1) is 28.1. The minimum absolute atomic E-state index is 0.0108. The molecule has 0 aliphatic heterocycles. The SMILES string of the molecule is [2H]c1c([2H])c([2H])c2c(c1[2H])c1c([2H])c([2H])c([2H])c([2H])c1n2-c1cc(-c2ccc3oc4ccccc4c3c2)ccc1-c1nc(-c2ccccc2)nc(-c2ccccc2)n1. The normalized spacial score (nSPS) is 13.8. The lowest BCUT2D eigenvalue weighted by Gasteiger charge is -2.16. The number of aromatic nitrogens is 4. The van der Waals surface area contributed by atoms with Gasteiger partial charge in [0.05, 0.1) is 27.7 Å². The van der Waals surface area contributed by atoms with Crippen molar-refractivity contribution in [1.82, 2.24) is 19.5 Å². The molecule has 0 radical (unpaired) electrons. The van der Waals surface area contributed by atoms with Crippen molar-refractivity contribution in [1.29, 1.82) is 0 Å². The van der Waals surface area contributed by atoms with Crippen molar-refractivity contribution in [2.45, 2.75) is 0 Å². The lowest BCUT2D eigenvalue weighted by molar-refractivity contribution is 0.669. The van der Waals surface area contributed by atoms with Crippen LogP contribution < -0.4 is 0 Å². The summed E-state index contributed by atoms with van der Waals surface area (Å²) in [6.45, 7) is 0. The van der Waals surface area contributed by atoms with Gasteiger partial charge in [0.15, 0.2) is 17.5 Å². The van der Waals surface area contributed by atoms with E-state index in [1.807, 2.05) is 121 Å². The molecule has 10 aromatic rings. The van der Waals surface area contributed by atoms with Gasteiger partial charge in [0.1, 0.15) is 11.2 Å². The smallest absolute Gasteiger partial charge is 0.166 e. The number of hydrogen-bond donors (Lipinski definition) is 0. The second-order valence-corrected chi connectivity index (χ2v) is 11.9. The van der Waals surface area contributed by atoms with Crippen molar-refractivity contribution in [3.63, 3.8) is 0 Å². The van der Waals surface area contributed by atoms with E-state index in [2.05, 4.69) is 0 Å². The summed E-state index contributed by atoms with van der Waals surface area (Å²) >= 11 is 0. The molecule has 0 amide bonds. The summed E-state index contributed by atoms with van der Waals surface area (Å²) in [5, 5.41) is 1.79. The Labute approximate surface area is 299 Å². The van der Waals surface area contributed by atoms with Gasteiger partial charge in [0.2, 0.25) is 0 Å². The maximum absolute atomic E-state index is 9.25. The van der Waals surface area contributed by atoms with E-state index >= 15 is 0 Å². The summed E-state index contributed by atoms with van der Waals surface area (Å²) in [7, 11) is 0. The first-order valence-corrected chi connectivity index (χ1v) is 16.0. The fraction of sp³-hybridized carbons (Fsp3) is 0. The molecule has 7 aromatic carbocycles. The number of benzene rings is 7. The van der Waals surface area contributed by atoms with Crippen LogP contribution in [0.3, 0.4) is 0 Å². The average Bonchev–Trinajstić information content (AvgIpc) is 3.83. The second-order valence-electron chi connectivity index (χ2n) is 11.9. The third-order valence-corrected chi connectivity index (χ3v) is 8.92. The standard InChI is InChI=1S/C45H28N4O/c1-3-13-29(14-4-1)43-46-44(30-15-5-2-6-16-30)48-45(47-43)36-25-23-32(31-24-26-42-37(27-31)35-19-9-12-22-41(35)50-42)28-40(36)49-38-20-10-7-17-33(38)34-18-8-11-21-39(34)49/h1-28H/i7D,8D,10D,11D,17D,18D,20D,21D. The highest BCUT2D eigenvalue weighted by Gasteiger charge is 2.20. The minimum Gasteiger partial charge on any atom is -0.456 e. The Morgan fingerprint density at radius 1 is 0.440 bits per heavy atom. The van der Waals surface area contributed by atoms with Gasteiger partial charge < -0.3 is 8.98 Å². The van der Waals surface area contributed by atoms with E-state index in [9.17, 15) is 2.74 Å². The van der Waals surface area contributed by atoms with E-state index in [-0.39, 0.29) is 27.6 Å². The van der Waals surface area contributed by atoms with E-state index in [4.69, 9.17) is 27.6 Å². The third kappa shape index (κ3) is 4.60. The molecule has 0 aliphatic rings. The predicted octanol–water partition coefficient (Wildman–Crippen LogP) is 11.5.